The highest BCUT2D eigenvalue weighted by atomic mass is 32.2. The lowest BCUT2D eigenvalue weighted by atomic mass is 10.2. The van der Waals surface area contributed by atoms with E-state index in [1.165, 1.54) is 36.7 Å². The lowest BCUT2D eigenvalue weighted by Crippen LogP contribution is -2.58. The van der Waals surface area contributed by atoms with Crippen LogP contribution in [0.4, 0.5) is 0 Å². The van der Waals surface area contributed by atoms with Crippen molar-refractivity contribution < 1.29 is 33.7 Å². The Hall–Kier alpha value is -3.02. The highest BCUT2D eigenvalue weighted by Gasteiger charge is 2.52. The van der Waals surface area contributed by atoms with Crippen LogP contribution in [0.3, 0.4) is 0 Å². The third-order valence-corrected chi connectivity index (χ3v) is 14.8. The van der Waals surface area contributed by atoms with Crippen LogP contribution < -0.4 is 0 Å². The van der Waals surface area contributed by atoms with E-state index in [0.29, 0.717) is 19.6 Å². The van der Waals surface area contributed by atoms with Crippen molar-refractivity contribution in [1.82, 2.24) is 18.8 Å². The quantitative estimate of drug-likeness (QED) is 0.269. The number of hydrazine groups is 1. The Labute approximate surface area is 243 Å². The Morgan fingerprint density at radius 3 is 1.33 bits per heavy atom. The zero-order chi connectivity index (χ0) is 29.9. The predicted molar refractivity (Wildman–Crippen MR) is 156 cm³/mol. The third-order valence-electron chi connectivity index (χ3n) is 7.48. The first-order valence-corrected chi connectivity index (χ1v) is 19.5. The van der Waals surface area contributed by atoms with Gasteiger partial charge >= 0.3 is 0 Å². The Bertz CT molecular complexity index is 1990. The van der Waals surface area contributed by atoms with E-state index in [4.69, 9.17) is 0 Å². The molecule has 0 N–H and O–H groups in total. The van der Waals surface area contributed by atoms with Gasteiger partial charge in [-0.2, -0.15) is 0 Å². The molecule has 0 spiro atoms. The SMILES string of the molecule is O=S1(=O)CC[C@H](N(N([C@H]2CCS(=O)(=O)C2)S(=O)(=O)c2cccc3cccnc23)S(=O)(=O)c2cccc3cccnc23)C1. The van der Waals surface area contributed by atoms with Crippen molar-refractivity contribution >= 4 is 61.5 Å². The molecule has 0 aliphatic carbocycles. The molecule has 2 atom stereocenters. The summed E-state index contributed by atoms with van der Waals surface area (Å²) in [5.41, 5.74) is 0.128. The zero-order valence-corrected chi connectivity index (χ0v) is 25.3. The van der Waals surface area contributed by atoms with Gasteiger partial charge in [0.2, 0.25) is 0 Å². The van der Waals surface area contributed by atoms with E-state index in [9.17, 15) is 33.7 Å². The number of hydrogen-bond acceptors (Lipinski definition) is 10. The smallest absolute Gasteiger partial charge is 0.255 e. The van der Waals surface area contributed by atoms with Gasteiger partial charge in [-0.1, -0.05) is 36.4 Å². The molecular formula is C26H26N4O8S4. The summed E-state index contributed by atoms with van der Waals surface area (Å²) in [5, 5.41) is 0.933. The molecule has 2 aliphatic rings. The molecule has 6 rings (SSSR count). The van der Waals surface area contributed by atoms with Gasteiger partial charge < -0.3 is 0 Å². The minimum absolute atomic E-state index is 0.0640. The third kappa shape index (κ3) is 5.09. The number of fused-ring (bicyclic) bond motifs is 2. The van der Waals surface area contributed by atoms with E-state index in [1.807, 2.05) is 0 Å². The van der Waals surface area contributed by atoms with Crippen LogP contribution in [-0.2, 0) is 39.7 Å². The number of sulfone groups is 2. The Morgan fingerprint density at radius 1 is 0.595 bits per heavy atom. The lowest BCUT2D eigenvalue weighted by Gasteiger charge is -2.39. The van der Waals surface area contributed by atoms with Gasteiger partial charge in [0.25, 0.3) is 20.0 Å². The fourth-order valence-electron chi connectivity index (χ4n) is 5.60. The summed E-state index contributed by atoms with van der Waals surface area (Å²) in [5.74, 6) is -1.98. The van der Waals surface area contributed by atoms with Gasteiger partial charge in [-0.15, -0.1) is 8.83 Å². The minimum Gasteiger partial charge on any atom is -0.255 e. The number of hydrogen-bond donors (Lipinski definition) is 0. The number of sulfonamides is 2. The topological polar surface area (TPSA) is 169 Å². The molecular weight excluding hydrogens is 625 g/mol. The average Bonchev–Trinajstić information content (AvgIpc) is 3.50. The van der Waals surface area contributed by atoms with Gasteiger partial charge in [-0.25, -0.2) is 33.7 Å². The number of benzene rings is 2. The molecule has 2 aromatic heterocycles. The summed E-state index contributed by atoms with van der Waals surface area (Å²) in [7, 11) is -17.1. The minimum atomic E-state index is -4.84. The highest BCUT2D eigenvalue weighted by Crippen LogP contribution is 2.37. The average molecular weight is 651 g/mol. The van der Waals surface area contributed by atoms with Crippen LogP contribution in [-0.4, -0.2) is 87.6 Å². The molecule has 12 nitrogen and oxygen atoms in total. The fourth-order valence-corrected chi connectivity index (χ4v) is 13.3. The van der Waals surface area contributed by atoms with Crippen LogP contribution in [0.5, 0.6) is 0 Å². The summed E-state index contributed by atoms with van der Waals surface area (Å²) in [6.45, 7) is 0. The first-order chi connectivity index (χ1) is 19.8. The number of aromatic nitrogens is 2. The number of rotatable bonds is 7. The largest absolute Gasteiger partial charge is 0.259 e. The van der Waals surface area contributed by atoms with Gasteiger partial charge in [0.05, 0.1) is 46.1 Å². The second-order valence-corrected chi connectivity index (χ2v) is 18.3. The maximum absolute atomic E-state index is 14.7. The Balaban J connectivity index is 1.64. The van der Waals surface area contributed by atoms with E-state index in [0.717, 1.165) is 0 Å². The summed E-state index contributed by atoms with van der Waals surface area (Å²) in [6.07, 6.45) is 2.43. The fraction of sp³-hybridized carbons (Fsp3) is 0.308. The van der Waals surface area contributed by atoms with Crippen molar-refractivity contribution in [2.75, 3.05) is 23.0 Å². The summed E-state index contributed by atoms with van der Waals surface area (Å²) >= 11 is 0. The van der Waals surface area contributed by atoms with Crippen molar-refractivity contribution in [3.05, 3.63) is 73.1 Å². The number of nitrogens with zero attached hydrogens (tertiary/aromatic N) is 4. The van der Waals surface area contributed by atoms with Crippen molar-refractivity contribution in [2.45, 2.75) is 34.7 Å². The normalized spacial score (nSPS) is 22.3. The van der Waals surface area contributed by atoms with E-state index in [2.05, 4.69) is 9.97 Å². The Morgan fingerprint density at radius 2 is 0.976 bits per heavy atom. The number of pyridine rings is 2. The van der Waals surface area contributed by atoms with Crippen LogP contribution in [0.15, 0.2) is 82.8 Å². The van der Waals surface area contributed by atoms with Gasteiger partial charge in [-0.3, -0.25) is 9.97 Å². The summed E-state index contributed by atoms with van der Waals surface area (Å²) in [4.78, 5) is 7.79. The first kappa shape index (κ1) is 29.1. The molecule has 2 aromatic carbocycles. The molecule has 4 heterocycles. The molecule has 4 aromatic rings. The van der Waals surface area contributed by atoms with Crippen molar-refractivity contribution in [3.63, 3.8) is 0 Å². The lowest BCUT2D eigenvalue weighted by molar-refractivity contribution is 0.0890. The predicted octanol–water partition coefficient (Wildman–Crippen LogP) is 1.75. The molecule has 2 aliphatic heterocycles. The van der Waals surface area contributed by atoms with E-state index in [1.54, 1.807) is 36.4 Å². The maximum Gasteiger partial charge on any atom is 0.259 e. The van der Waals surface area contributed by atoms with E-state index >= 15 is 0 Å². The van der Waals surface area contributed by atoms with Crippen LogP contribution in [0.1, 0.15) is 12.8 Å². The van der Waals surface area contributed by atoms with Crippen molar-refractivity contribution in [3.8, 4) is 0 Å². The van der Waals surface area contributed by atoms with Crippen molar-refractivity contribution in [2.24, 2.45) is 0 Å². The molecule has 0 amide bonds. The second kappa shape index (κ2) is 10.3. The molecule has 0 saturated carbocycles. The van der Waals surface area contributed by atoms with Crippen LogP contribution in [0, 0.1) is 0 Å². The van der Waals surface area contributed by atoms with E-state index < -0.39 is 63.3 Å². The van der Waals surface area contributed by atoms with Crippen LogP contribution >= 0.6 is 0 Å². The molecule has 222 valence electrons. The molecule has 2 fully saturated rings. The maximum atomic E-state index is 14.7. The summed E-state index contributed by atoms with van der Waals surface area (Å²) in [6, 6.07) is 12.7. The molecule has 0 unspecified atom stereocenters. The molecule has 16 heteroatoms. The van der Waals surface area contributed by atoms with Gasteiger partial charge in [0.15, 0.2) is 19.7 Å². The summed E-state index contributed by atoms with van der Waals surface area (Å²) < 4.78 is 110. The standard InChI is InChI=1S/C26H26N4O8S4/c31-39(32)15-11-21(17-39)29(41(35,36)23-9-1-5-19-7-3-13-27-25(19)23)30(22-12-16-40(33,34)18-22)42(37,38)24-10-2-6-20-8-4-14-28-26(20)24/h1-10,13-14,21-22H,11-12,15-18H2/t21-,22-/m0/s1. The number of para-hydroxylation sites is 2. The highest BCUT2D eigenvalue weighted by molar-refractivity contribution is 7.93. The van der Waals surface area contributed by atoms with Crippen LogP contribution in [0.25, 0.3) is 21.8 Å². The molecule has 42 heavy (non-hydrogen) atoms. The zero-order valence-electron chi connectivity index (χ0n) is 22.0. The Kier molecular flexibility index (Phi) is 7.14. The van der Waals surface area contributed by atoms with Gasteiger partial charge in [-0.05, 0) is 37.1 Å². The molecule has 0 radical (unpaired) electrons. The van der Waals surface area contributed by atoms with Gasteiger partial charge in [0.1, 0.15) is 9.79 Å². The van der Waals surface area contributed by atoms with Gasteiger partial charge in [0, 0.05) is 23.2 Å². The van der Waals surface area contributed by atoms with Crippen molar-refractivity contribution in [1.29, 1.82) is 0 Å². The van der Waals surface area contributed by atoms with Crippen LogP contribution in [0.2, 0.25) is 0 Å². The first-order valence-electron chi connectivity index (χ1n) is 13.0. The van der Waals surface area contributed by atoms with E-state index in [-0.39, 0.29) is 45.2 Å². The molecule has 0 bridgehead atoms. The second-order valence-electron chi connectivity index (χ2n) is 10.3. The monoisotopic (exact) mass is 650 g/mol. The molecule has 2 saturated heterocycles.